The Hall–Kier alpha value is -1.78. The van der Waals surface area contributed by atoms with Crippen LogP contribution < -0.4 is 16.8 Å². The Bertz CT molecular complexity index is 467. The molecule has 0 aliphatic heterocycles. The van der Waals surface area contributed by atoms with Crippen molar-refractivity contribution in [2.45, 2.75) is 39.0 Å². The number of carbonyl (C=O) groups is 1. The molecule has 20 heavy (non-hydrogen) atoms. The molecule has 0 unspecified atom stereocenters. The molecule has 110 valence electrons. The number of pyridine rings is 1. The molecule has 5 N–H and O–H groups in total. The first-order valence-corrected chi connectivity index (χ1v) is 7.39. The summed E-state index contributed by atoms with van der Waals surface area (Å²) in [5, 5.41) is 3.30. The number of anilines is 2. The minimum Gasteiger partial charge on any atom is -0.397 e. The maximum atomic E-state index is 11.2. The number of hydrogen-bond acceptors (Lipinski definition) is 4. The lowest BCUT2D eigenvalue weighted by molar-refractivity contribution is 0.100. The van der Waals surface area contributed by atoms with E-state index in [0.29, 0.717) is 23.0 Å². The normalized spacial score (nSPS) is 22.4. The van der Waals surface area contributed by atoms with Gasteiger partial charge >= 0.3 is 0 Å². The monoisotopic (exact) mass is 276 g/mol. The highest BCUT2D eigenvalue weighted by Crippen LogP contribution is 2.30. The van der Waals surface area contributed by atoms with E-state index in [0.717, 1.165) is 12.5 Å². The van der Waals surface area contributed by atoms with Crippen LogP contribution >= 0.6 is 0 Å². The standard InChI is InChI=1S/C15H24N4O/c1-2-10-3-5-11(6-4-10)8-18-14-7-12(15(17)20)13(16)9-19-14/h7,9-11H,2-6,8,16H2,1H3,(H2,17,20)(H,18,19). The number of aromatic nitrogens is 1. The van der Waals surface area contributed by atoms with Crippen molar-refractivity contribution in [3.63, 3.8) is 0 Å². The Morgan fingerprint density at radius 2 is 2.00 bits per heavy atom. The van der Waals surface area contributed by atoms with Crippen molar-refractivity contribution in [2.24, 2.45) is 17.6 Å². The number of hydrogen-bond donors (Lipinski definition) is 3. The summed E-state index contributed by atoms with van der Waals surface area (Å²) >= 11 is 0. The average Bonchev–Trinajstić information content (AvgIpc) is 2.46. The zero-order valence-electron chi connectivity index (χ0n) is 12.1. The third-order valence-corrected chi connectivity index (χ3v) is 4.32. The van der Waals surface area contributed by atoms with Crippen molar-refractivity contribution in [2.75, 3.05) is 17.6 Å². The van der Waals surface area contributed by atoms with Crippen LogP contribution in [0.5, 0.6) is 0 Å². The molecule has 1 aromatic rings. The maximum Gasteiger partial charge on any atom is 0.250 e. The minimum absolute atomic E-state index is 0.325. The van der Waals surface area contributed by atoms with Crippen LogP contribution in [0, 0.1) is 11.8 Å². The van der Waals surface area contributed by atoms with Crippen LogP contribution in [0.2, 0.25) is 0 Å². The van der Waals surface area contributed by atoms with Crippen LogP contribution in [0.25, 0.3) is 0 Å². The van der Waals surface area contributed by atoms with Gasteiger partial charge in [0.1, 0.15) is 5.82 Å². The lowest BCUT2D eigenvalue weighted by Crippen LogP contribution is -2.21. The van der Waals surface area contributed by atoms with E-state index in [1.807, 2.05) is 0 Å². The number of rotatable bonds is 5. The second kappa shape index (κ2) is 6.59. The number of nitrogens with two attached hydrogens (primary N) is 2. The number of nitrogens with zero attached hydrogens (tertiary/aromatic N) is 1. The molecule has 0 radical (unpaired) electrons. The Kier molecular flexibility index (Phi) is 4.82. The van der Waals surface area contributed by atoms with Gasteiger partial charge in [0.05, 0.1) is 17.4 Å². The van der Waals surface area contributed by atoms with Gasteiger partial charge in [-0.3, -0.25) is 4.79 Å². The van der Waals surface area contributed by atoms with Gasteiger partial charge in [-0.15, -0.1) is 0 Å². The highest BCUT2D eigenvalue weighted by molar-refractivity contribution is 5.98. The lowest BCUT2D eigenvalue weighted by atomic mass is 9.81. The van der Waals surface area contributed by atoms with Gasteiger partial charge in [0.15, 0.2) is 0 Å². The first-order chi connectivity index (χ1) is 9.60. The van der Waals surface area contributed by atoms with Crippen molar-refractivity contribution in [1.29, 1.82) is 0 Å². The van der Waals surface area contributed by atoms with Crippen LogP contribution in [-0.2, 0) is 0 Å². The molecule has 1 heterocycles. The van der Waals surface area contributed by atoms with Gasteiger partial charge in [-0.25, -0.2) is 4.98 Å². The number of primary amides is 1. The Morgan fingerprint density at radius 1 is 1.35 bits per heavy atom. The largest absolute Gasteiger partial charge is 0.397 e. The summed E-state index contributed by atoms with van der Waals surface area (Å²) in [6.45, 7) is 3.17. The summed E-state index contributed by atoms with van der Waals surface area (Å²) < 4.78 is 0. The van der Waals surface area contributed by atoms with Crippen molar-refractivity contribution >= 4 is 17.4 Å². The van der Waals surface area contributed by atoms with Crippen LogP contribution in [0.3, 0.4) is 0 Å². The summed E-state index contributed by atoms with van der Waals surface area (Å²) in [7, 11) is 0. The average molecular weight is 276 g/mol. The predicted molar refractivity (Wildman–Crippen MR) is 81.4 cm³/mol. The Balaban J connectivity index is 1.88. The molecule has 1 saturated carbocycles. The van der Waals surface area contributed by atoms with Gasteiger partial charge in [-0.2, -0.15) is 0 Å². The number of amides is 1. The van der Waals surface area contributed by atoms with Crippen molar-refractivity contribution in [1.82, 2.24) is 4.98 Å². The minimum atomic E-state index is -0.517. The summed E-state index contributed by atoms with van der Waals surface area (Å²) in [5.41, 5.74) is 11.6. The molecule has 0 spiro atoms. The van der Waals surface area contributed by atoms with E-state index in [4.69, 9.17) is 11.5 Å². The second-order valence-corrected chi connectivity index (χ2v) is 5.70. The quantitative estimate of drug-likeness (QED) is 0.769. The molecule has 1 fully saturated rings. The molecule has 1 aliphatic rings. The zero-order valence-corrected chi connectivity index (χ0v) is 12.1. The molecule has 0 aromatic carbocycles. The van der Waals surface area contributed by atoms with E-state index in [1.54, 1.807) is 6.07 Å². The molecular formula is C15H24N4O. The Morgan fingerprint density at radius 3 is 2.60 bits per heavy atom. The predicted octanol–water partition coefficient (Wildman–Crippen LogP) is 2.39. The molecule has 0 bridgehead atoms. The van der Waals surface area contributed by atoms with Gasteiger partial charge < -0.3 is 16.8 Å². The SMILES string of the molecule is CCC1CCC(CNc2cc(C(N)=O)c(N)cn2)CC1. The zero-order chi connectivity index (χ0) is 14.5. The highest BCUT2D eigenvalue weighted by Gasteiger charge is 2.19. The second-order valence-electron chi connectivity index (χ2n) is 5.70. The van der Waals surface area contributed by atoms with Gasteiger partial charge in [0.25, 0.3) is 5.91 Å². The van der Waals surface area contributed by atoms with E-state index < -0.39 is 5.91 Å². The van der Waals surface area contributed by atoms with E-state index in [1.165, 1.54) is 38.3 Å². The van der Waals surface area contributed by atoms with E-state index in [9.17, 15) is 4.79 Å². The van der Waals surface area contributed by atoms with Crippen molar-refractivity contribution in [3.05, 3.63) is 17.8 Å². The molecule has 5 nitrogen and oxygen atoms in total. The van der Waals surface area contributed by atoms with Gasteiger partial charge in [-0.1, -0.05) is 26.2 Å². The summed E-state index contributed by atoms with van der Waals surface area (Å²) in [4.78, 5) is 15.4. The molecule has 0 atom stereocenters. The van der Waals surface area contributed by atoms with Crippen LogP contribution in [0.15, 0.2) is 12.3 Å². The summed E-state index contributed by atoms with van der Waals surface area (Å²) in [6, 6.07) is 1.63. The highest BCUT2D eigenvalue weighted by atomic mass is 16.1. The molecular weight excluding hydrogens is 252 g/mol. The lowest BCUT2D eigenvalue weighted by Gasteiger charge is -2.28. The summed E-state index contributed by atoms with van der Waals surface area (Å²) in [6.07, 6.45) is 7.96. The summed E-state index contributed by atoms with van der Waals surface area (Å²) in [5.74, 6) is 1.75. The number of carbonyl (C=O) groups excluding carboxylic acids is 1. The Labute approximate surface area is 120 Å². The van der Waals surface area contributed by atoms with Crippen LogP contribution in [-0.4, -0.2) is 17.4 Å². The third-order valence-electron chi connectivity index (χ3n) is 4.32. The first-order valence-electron chi connectivity index (χ1n) is 7.39. The van der Waals surface area contributed by atoms with E-state index in [2.05, 4.69) is 17.2 Å². The first kappa shape index (κ1) is 14.6. The van der Waals surface area contributed by atoms with Gasteiger partial charge in [0, 0.05) is 6.54 Å². The van der Waals surface area contributed by atoms with E-state index >= 15 is 0 Å². The molecule has 2 rings (SSSR count). The number of nitrogens with one attached hydrogen (secondary N) is 1. The number of nitrogen functional groups attached to an aromatic ring is 1. The van der Waals surface area contributed by atoms with Gasteiger partial charge in [-0.05, 0) is 30.7 Å². The fourth-order valence-electron chi connectivity index (χ4n) is 2.87. The van der Waals surface area contributed by atoms with Gasteiger partial charge in [0.2, 0.25) is 0 Å². The van der Waals surface area contributed by atoms with E-state index in [-0.39, 0.29) is 0 Å². The molecule has 5 heteroatoms. The molecule has 1 amide bonds. The maximum absolute atomic E-state index is 11.2. The van der Waals surface area contributed by atoms with Crippen molar-refractivity contribution in [3.8, 4) is 0 Å². The topological polar surface area (TPSA) is 94.0 Å². The molecule has 1 aromatic heterocycles. The third kappa shape index (κ3) is 3.62. The fraction of sp³-hybridized carbons (Fsp3) is 0.600. The smallest absolute Gasteiger partial charge is 0.250 e. The van der Waals surface area contributed by atoms with Crippen LogP contribution in [0.1, 0.15) is 49.4 Å². The van der Waals surface area contributed by atoms with Crippen molar-refractivity contribution < 1.29 is 4.79 Å². The molecule has 0 saturated heterocycles. The fourth-order valence-corrected chi connectivity index (χ4v) is 2.87. The van der Waals surface area contributed by atoms with Crippen LogP contribution in [0.4, 0.5) is 11.5 Å². The molecule has 1 aliphatic carbocycles.